The average molecular weight is 222 g/mol. The van der Waals surface area contributed by atoms with Crippen LogP contribution in [0.25, 0.3) is 0 Å². The minimum atomic E-state index is -2.83. The molecule has 86 valence electrons. The van der Waals surface area contributed by atoms with Gasteiger partial charge in [-0.25, -0.2) is 8.42 Å². The van der Waals surface area contributed by atoms with Gasteiger partial charge in [-0.2, -0.15) is 0 Å². The molecular weight excluding hydrogens is 200 g/mol. The molecule has 0 saturated heterocycles. The molecule has 0 bridgehead atoms. The second-order valence-electron chi connectivity index (χ2n) is 3.94. The van der Waals surface area contributed by atoms with Crippen molar-refractivity contribution < 1.29 is 8.42 Å². The fourth-order valence-corrected chi connectivity index (χ4v) is 2.06. The molecule has 0 aliphatic heterocycles. The van der Waals surface area contributed by atoms with E-state index in [2.05, 4.69) is 10.2 Å². The van der Waals surface area contributed by atoms with Crippen molar-refractivity contribution in [3.05, 3.63) is 0 Å². The van der Waals surface area contributed by atoms with E-state index in [0.29, 0.717) is 6.42 Å². The zero-order chi connectivity index (χ0) is 11.2. The van der Waals surface area contributed by atoms with Crippen LogP contribution in [0.1, 0.15) is 13.3 Å². The molecule has 4 nitrogen and oxygen atoms in total. The SMILES string of the molecule is CCNC(CCS(C)(=O)=O)CN(C)C. The summed E-state index contributed by atoms with van der Waals surface area (Å²) < 4.78 is 22.0. The highest BCUT2D eigenvalue weighted by Gasteiger charge is 2.11. The molecule has 1 unspecified atom stereocenters. The smallest absolute Gasteiger partial charge is 0.147 e. The molecule has 0 aliphatic rings. The maximum Gasteiger partial charge on any atom is 0.147 e. The van der Waals surface area contributed by atoms with Crippen molar-refractivity contribution in [2.45, 2.75) is 19.4 Å². The zero-order valence-corrected chi connectivity index (χ0v) is 10.4. The number of sulfone groups is 1. The first-order valence-electron chi connectivity index (χ1n) is 4.91. The largest absolute Gasteiger partial charge is 0.313 e. The Hall–Kier alpha value is -0.130. The summed E-state index contributed by atoms with van der Waals surface area (Å²) in [5.74, 6) is 0.262. The molecule has 14 heavy (non-hydrogen) atoms. The average Bonchev–Trinajstić information content (AvgIpc) is 1.98. The predicted molar refractivity (Wildman–Crippen MR) is 60.3 cm³/mol. The van der Waals surface area contributed by atoms with Gasteiger partial charge in [-0.05, 0) is 27.1 Å². The van der Waals surface area contributed by atoms with Gasteiger partial charge in [0.25, 0.3) is 0 Å². The fraction of sp³-hybridized carbons (Fsp3) is 1.00. The molecule has 0 amide bonds. The maximum absolute atomic E-state index is 11.0. The summed E-state index contributed by atoms with van der Waals surface area (Å²) in [6.45, 7) is 3.79. The fourth-order valence-electron chi connectivity index (χ4n) is 1.34. The van der Waals surface area contributed by atoms with Gasteiger partial charge in [0.15, 0.2) is 0 Å². The van der Waals surface area contributed by atoms with Gasteiger partial charge in [-0.15, -0.1) is 0 Å². The third-order valence-corrected chi connectivity index (χ3v) is 2.89. The number of hydrogen-bond donors (Lipinski definition) is 1. The van der Waals surface area contributed by atoms with Crippen molar-refractivity contribution in [2.24, 2.45) is 0 Å². The Bertz CT molecular complexity index is 237. The monoisotopic (exact) mass is 222 g/mol. The van der Waals surface area contributed by atoms with Crippen molar-refractivity contribution >= 4 is 9.84 Å². The second-order valence-corrected chi connectivity index (χ2v) is 6.20. The third-order valence-electron chi connectivity index (χ3n) is 1.92. The normalized spacial score (nSPS) is 14.6. The summed E-state index contributed by atoms with van der Waals surface area (Å²) in [7, 11) is 1.15. The van der Waals surface area contributed by atoms with Gasteiger partial charge in [-0.1, -0.05) is 6.92 Å². The number of likely N-dealkylation sites (N-methyl/N-ethyl adjacent to an activating group) is 2. The van der Waals surface area contributed by atoms with E-state index in [1.165, 1.54) is 6.26 Å². The van der Waals surface area contributed by atoms with Gasteiger partial charge in [-0.3, -0.25) is 0 Å². The summed E-state index contributed by atoms with van der Waals surface area (Å²) in [5.41, 5.74) is 0. The van der Waals surface area contributed by atoms with Crippen LogP contribution in [0.15, 0.2) is 0 Å². The molecule has 5 heteroatoms. The Kier molecular flexibility index (Phi) is 6.31. The Balaban J connectivity index is 3.96. The minimum Gasteiger partial charge on any atom is -0.313 e. The van der Waals surface area contributed by atoms with E-state index in [4.69, 9.17) is 0 Å². The number of rotatable bonds is 7. The molecule has 0 saturated carbocycles. The van der Waals surface area contributed by atoms with Crippen LogP contribution in [0, 0.1) is 0 Å². The molecule has 0 aliphatic carbocycles. The molecule has 0 radical (unpaired) electrons. The zero-order valence-electron chi connectivity index (χ0n) is 9.58. The second kappa shape index (κ2) is 6.37. The third kappa shape index (κ3) is 8.47. The number of nitrogens with one attached hydrogen (secondary N) is 1. The quantitative estimate of drug-likeness (QED) is 0.657. The molecule has 0 spiro atoms. The standard InChI is InChI=1S/C9H22N2O2S/c1-5-10-9(8-11(2)3)6-7-14(4,12)13/h9-10H,5-8H2,1-4H3. The lowest BCUT2D eigenvalue weighted by molar-refractivity contribution is 0.335. The van der Waals surface area contributed by atoms with E-state index in [1.54, 1.807) is 0 Å². The molecule has 1 N–H and O–H groups in total. The van der Waals surface area contributed by atoms with Crippen LogP contribution in [-0.4, -0.2) is 58.6 Å². The van der Waals surface area contributed by atoms with E-state index in [1.807, 2.05) is 21.0 Å². The van der Waals surface area contributed by atoms with Crippen LogP contribution in [0.5, 0.6) is 0 Å². The Morgan fingerprint density at radius 1 is 1.36 bits per heavy atom. The lowest BCUT2D eigenvalue weighted by Crippen LogP contribution is -2.39. The summed E-state index contributed by atoms with van der Waals surface area (Å²) in [5, 5.41) is 3.28. The summed E-state index contributed by atoms with van der Waals surface area (Å²) in [6.07, 6.45) is 1.97. The van der Waals surface area contributed by atoms with Gasteiger partial charge in [0.2, 0.25) is 0 Å². The van der Waals surface area contributed by atoms with Crippen LogP contribution in [-0.2, 0) is 9.84 Å². The van der Waals surface area contributed by atoms with Gasteiger partial charge in [0.1, 0.15) is 9.84 Å². The van der Waals surface area contributed by atoms with E-state index >= 15 is 0 Å². The highest BCUT2D eigenvalue weighted by molar-refractivity contribution is 7.90. The van der Waals surface area contributed by atoms with Crippen molar-refractivity contribution in [1.29, 1.82) is 0 Å². The van der Waals surface area contributed by atoms with Crippen LogP contribution < -0.4 is 5.32 Å². The van der Waals surface area contributed by atoms with Gasteiger partial charge in [0, 0.05) is 18.8 Å². The highest BCUT2D eigenvalue weighted by Crippen LogP contribution is 1.97. The first kappa shape index (κ1) is 13.9. The van der Waals surface area contributed by atoms with Crippen molar-refractivity contribution in [1.82, 2.24) is 10.2 Å². The van der Waals surface area contributed by atoms with Crippen LogP contribution >= 0.6 is 0 Å². The molecule has 0 aromatic heterocycles. The summed E-state index contributed by atoms with van der Waals surface area (Å²) in [4.78, 5) is 2.07. The topological polar surface area (TPSA) is 49.4 Å². The lowest BCUT2D eigenvalue weighted by atomic mass is 10.2. The van der Waals surface area contributed by atoms with Crippen molar-refractivity contribution in [3.63, 3.8) is 0 Å². The predicted octanol–water partition coefficient (Wildman–Crippen LogP) is -0.0392. The number of hydrogen-bond acceptors (Lipinski definition) is 4. The first-order valence-corrected chi connectivity index (χ1v) is 6.97. The molecule has 1 atom stereocenters. The molecule has 0 heterocycles. The summed E-state index contributed by atoms with van der Waals surface area (Å²) >= 11 is 0. The minimum absolute atomic E-state index is 0.262. The first-order chi connectivity index (χ1) is 6.35. The van der Waals surface area contributed by atoms with Gasteiger partial charge in [0.05, 0.1) is 5.75 Å². The highest BCUT2D eigenvalue weighted by atomic mass is 32.2. The van der Waals surface area contributed by atoms with E-state index < -0.39 is 9.84 Å². The van der Waals surface area contributed by atoms with Crippen molar-refractivity contribution in [2.75, 3.05) is 39.2 Å². The molecule has 0 rings (SSSR count). The van der Waals surface area contributed by atoms with E-state index in [0.717, 1.165) is 13.1 Å². The number of nitrogens with zero attached hydrogens (tertiary/aromatic N) is 1. The molecular formula is C9H22N2O2S. The lowest BCUT2D eigenvalue weighted by Gasteiger charge is -2.21. The van der Waals surface area contributed by atoms with E-state index in [-0.39, 0.29) is 11.8 Å². The van der Waals surface area contributed by atoms with Crippen LogP contribution in [0.2, 0.25) is 0 Å². The summed E-state index contributed by atoms with van der Waals surface area (Å²) in [6, 6.07) is 0.268. The maximum atomic E-state index is 11.0. The molecule has 0 fully saturated rings. The van der Waals surface area contributed by atoms with Gasteiger partial charge < -0.3 is 10.2 Å². The molecule has 0 aromatic rings. The van der Waals surface area contributed by atoms with Crippen molar-refractivity contribution in [3.8, 4) is 0 Å². The Morgan fingerprint density at radius 2 is 1.93 bits per heavy atom. The molecule has 0 aromatic carbocycles. The van der Waals surface area contributed by atoms with Gasteiger partial charge >= 0.3 is 0 Å². The van der Waals surface area contributed by atoms with Crippen LogP contribution in [0.4, 0.5) is 0 Å². The Morgan fingerprint density at radius 3 is 2.29 bits per heavy atom. The van der Waals surface area contributed by atoms with E-state index in [9.17, 15) is 8.42 Å². The van der Waals surface area contributed by atoms with Crippen LogP contribution in [0.3, 0.4) is 0 Å². The Labute approximate surface area is 87.6 Å².